The molecule has 0 bridgehead atoms. The van der Waals surface area contributed by atoms with Crippen molar-refractivity contribution in [3.63, 3.8) is 0 Å². The van der Waals surface area contributed by atoms with Crippen LogP contribution in [0.3, 0.4) is 0 Å². The monoisotopic (exact) mass is 610 g/mol. The Labute approximate surface area is 267 Å². The summed E-state index contributed by atoms with van der Waals surface area (Å²) < 4.78 is 1.78. The van der Waals surface area contributed by atoms with Gasteiger partial charge >= 0.3 is 0 Å². The van der Waals surface area contributed by atoms with Gasteiger partial charge in [-0.1, -0.05) is 66.7 Å². The van der Waals surface area contributed by atoms with E-state index >= 15 is 0 Å². The van der Waals surface area contributed by atoms with Crippen LogP contribution in [-0.4, -0.2) is 37.5 Å². The van der Waals surface area contributed by atoms with Gasteiger partial charge in [0.25, 0.3) is 5.69 Å². The summed E-state index contributed by atoms with van der Waals surface area (Å²) in [7, 11) is 0. The number of non-ortho nitro benzene ring substituents is 1. The summed E-state index contributed by atoms with van der Waals surface area (Å²) in [6, 6.07) is 35.4. The molecule has 1 fully saturated rings. The predicted molar refractivity (Wildman–Crippen MR) is 182 cm³/mol. The Balaban J connectivity index is 1.32. The van der Waals surface area contributed by atoms with E-state index in [-0.39, 0.29) is 5.69 Å². The number of fused-ring (bicyclic) bond motifs is 1. The number of nitro groups is 1. The number of benzene rings is 4. The molecule has 1 saturated heterocycles. The van der Waals surface area contributed by atoms with Crippen molar-refractivity contribution in [2.45, 2.75) is 32.4 Å². The summed E-state index contributed by atoms with van der Waals surface area (Å²) in [5.41, 5.74) is 6.07. The summed E-state index contributed by atoms with van der Waals surface area (Å²) in [5, 5.41) is 15.0. The third-order valence-corrected chi connectivity index (χ3v) is 8.27. The van der Waals surface area contributed by atoms with Gasteiger partial charge in [-0.2, -0.15) is 9.97 Å². The number of nitrogens with one attached hydrogen (secondary N) is 1. The zero-order chi connectivity index (χ0) is 31.3. The second-order valence-electron chi connectivity index (χ2n) is 11.5. The molecule has 0 aliphatic carbocycles. The van der Waals surface area contributed by atoms with Crippen molar-refractivity contribution in [3.05, 3.63) is 137 Å². The molecular weight excluding hydrogens is 576 g/mol. The van der Waals surface area contributed by atoms with Crippen LogP contribution in [0.2, 0.25) is 0 Å². The molecule has 230 valence electrons. The number of piperidine rings is 1. The number of hydrogen-bond acceptors (Lipinski definition) is 8. The number of imidazole rings is 1. The topological polar surface area (TPSA) is 105 Å². The summed E-state index contributed by atoms with van der Waals surface area (Å²) in [5.74, 6) is 1.07. The van der Waals surface area contributed by atoms with Gasteiger partial charge in [-0.15, -0.1) is 0 Å². The van der Waals surface area contributed by atoms with Gasteiger partial charge in [0.1, 0.15) is 6.33 Å². The van der Waals surface area contributed by atoms with E-state index in [1.807, 2.05) is 42.5 Å². The molecule has 7 rings (SSSR count). The zero-order valence-corrected chi connectivity index (χ0v) is 25.4. The second-order valence-corrected chi connectivity index (χ2v) is 11.5. The fraction of sp³-hybridized carbons (Fsp3) is 0.194. The lowest BCUT2D eigenvalue weighted by Crippen LogP contribution is -2.29. The molecule has 0 radical (unpaired) electrons. The van der Waals surface area contributed by atoms with Crippen molar-refractivity contribution in [2.75, 3.05) is 28.2 Å². The van der Waals surface area contributed by atoms with E-state index in [1.54, 1.807) is 17.0 Å². The molecule has 0 atom stereocenters. The third-order valence-electron chi connectivity index (χ3n) is 8.27. The SMILES string of the molecule is O=[N+]([O-])c1cccc(-n2cnc3c(N(Cc4ccccc4)Cc4ccccc4)nc(Nc4ccc(N5CCCCC5)cc4)nc32)c1. The third kappa shape index (κ3) is 6.37. The largest absolute Gasteiger partial charge is 0.372 e. The van der Waals surface area contributed by atoms with Gasteiger partial charge in [-0.25, -0.2) is 4.98 Å². The molecule has 2 aromatic heterocycles. The van der Waals surface area contributed by atoms with Crippen LogP contribution < -0.4 is 15.1 Å². The van der Waals surface area contributed by atoms with Crippen molar-refractivity contribution in [1.29, 1.82) is 0 Å². The highest BCUT2D eigenvalue weighted by atomic mass is 16.6. The van der Waals surface area contributed by atoms with Crippen LogP contribution in [0.25, 0.3) is 16.9 Å². The first-order valence-electron chi connectivity index (χ1n) is 15.6. The lowest BCUT2D eigenvalue weighted by molar-refractivity contribution is -0.384. The average Bonchev–Trinajstić information content (AvgIpc) is 3.53. The van der Waals surface area contributed by atoms with Crippen molar-refractivity contribution in [3.8, 4) is 5.69 Å². The molecule has 3 heterocycles. The number of aromatic nitrogens is 4. The molecule has 1 aliphatic heterocycles. The van der Waals surface area contributed by atoms with Crippen molar-refractivity contribution in [2.24, 2.45) is 0 Å². The van der Waals surface area contributed by atoms with Gasteiger partial charge in [-0.3, -0.25) is 14.7 Å². The highest BCUT2D eigenvalue weighted by molar-refractivity contribution is 5.86. The molecule has 6 aromatic rings. The standard InChI is InChI=1S/C36H34N8O2/c45-44(46)32-16-10-15-31(23-32)43-26-37-33-34(42(24-27-11-4-1-5-12-27)25-28-13-6-2-7-14-28)39-36(40-35(33)43)38-29-17-19-30(20-18-29)41-21-8-3-9-22-41/h1-2,4-7,10-20,23,26H,3,8-9,21-22,24-25H2,(H,38,39,40). The second kappa shape index (κ2) is 13.1. The van der Waals surface area contributed by atoms with E-state index in [0.717, 1.165) is 29.9 Å². The Bertz CT molecular complexity index is 1900. The first-order valence-corrected chi connectivity index (χ1v) is 15.6. The van der Waals surface area contributed by atoms with E-state index in [9.17, 15) is 10.1 Å². The number of rotatable bonds is 10. The van der Waals surface area contributed by atoms with E-state index in [4.69, 9.17) is 15.0 Å². The molecule has 1 N–H and O–H groups in total. The highest BCUT2D eigenvalue weighted by Gasteiger charge is 2.21. The zero-order valence-electron chi connectivity index (χ0n) is 25.4. The maximum atomic E-state index is 11.6. The molecule has 0 spiro atoms. The highest BCUT2D eigenvalue weighted by Crippen LogP contribution is 2.31. The molecule has 46 heavy (non-hydrogen) atoms. The molecule has 0 saturated carbocycles. The number of hydrogen-bond donors (Lipinski definition) is 1. The summed E-state index contributed by atoms with van der Waals surface area (Å²) >= 11 is 0. The first kappa shape index (κ1) is 29.0. The van der Waals surface area contributed by atoms with Crippen LogP contribution in [-0.2, 0) is 13.1 Å². The van der Waals surface area contributed by atoms with Gasteiger partial charge in [0, 0.05) is 49.7 Å². The fourth-order valence-electron chi connectivity index (χ4n) is 5.96. The first-order chi connectivity index (χ1) is 22.6. The Morgan fingerprint density at radius 3 is 2.09 bits per heavy atom. The molecule has 0 amide bonds. The van der Waals surface area contributed by atoms with Crippen LogP contribution >= 0.6 is 0 Å². The van der Waals surface area contributed by atoms with Gasteiger partial charge in [0.15, 0.2) is 17.0 Å². The van der Waals surface area contributed by atoms with Crippen molar-refractivity contribution < 1.29 is 4.92 Å². The quantitative estimate of drug-likeness (QED) is 0.124. The van der Waals surface area contributed by atoms with Gasteiger partial charge in [0.05, 0.1) is 10.6 Å². The van der Waals surface area contributed by atoms with E-state index in [0.29, 0.717) is 41.7 Å². The Morgan fingerprint density at radius 2 is 1.43 bits per heavy atom. The molecule has 1 aliphatic rings. The minimum atomic E-state index is -0.398. The summed E-state index contributed by atoms with van der Waals surface area (Å²) in [6.45, 7) is 3.34. The van der Waals surface area contributed by atoms with Crippen LogP contribution in [0.15, 0.2) is 116 Å². The Hall–Kier alpha value is -5.77. The van der Waals surface area contributed by atoms with Gasteiger partial charge in [0.2, 0.25) is 5.95 Å². The van der Waals surface area contributed by atoms with Crippen LogP contribution in [0.5, 0.6) is 0 Å². The fourth-order valence-corrected chi connectivity index (χ4v) is 5.96. The van der Waals surface area contributed by atoms with Crippen LogP contribution in [0, 0.1) is 10.1 Å². The van der Waals surface area contributed by atoms with E-state index in [1.165, 1.54) is 37.1 Å². The average molecular weight is 611 g/mol. The Morgan fingerprint density at radius 1 is 0.761 bits per heavy atom. The minimum Gasteiger partial charge on any atom is -0.372 e. The summed E-state index contributed by atoms with van der Waals surface area (Å²) in [4.78, 5) is 30.6. The van der Waals surface area contributed by atoms with Crippen molar-refractivity contribution in [1.82, 2.24) is 19.5 Å². The molecule has 0 unspecified atom stereocenters. The maximum absolute atomic E-state index is 11.6. The predicted octanol–water partition coefficient (Wildman–Crippen LogP) is 7.66. The van der Waals surface area contributed by atoms with Gasteiger partial charge < -0.3 is 15.1 Å². The van der Waals surface area contributed by atoms with Crippen molar-refractivity contribution >= 4 is 40.0 Å². The molecule has 10 nitrogen and oxygen atoms in total. The minimum absolute atomic E-state index is 0.00412. The number of nitrogens with zero attached hydrogens (tertiary/aromatic N) is 7. The van der Waals surface area contributed by atoms with Crippen LogP contribution in [0.4, 0.5) is 28.8 Å². The number of anilines is 4. The van der Waals surface area contributed by atoms with E-state index < -0.39 is 4.92 Å². The Kier molecular flexibility index (Phi) is 8.23. The normalized spacial score (nSPS) is 13.1. The lowest BCUT2D eigenvalue weighted by atomic mass is 10.1. The van der Waals surface area contributed by atoms with Gasteiger partial charge in [-0.05, 0) is 60.7 Å². The van der Waals surface area contributed by atoms with E-state index in [2.05, 4.69) is 63.6 Å². The summed E-state index contributed by atoms with van der Waals surface area (Å²) in [6.07, 6.45) is 5.38. The number of nitro benzene ring substituents is 1. The van der Waals surface area contributed by atoms with Crippen LogP contribution in [0.1, 0.15) is 30.4 Å². The molecule has 10 heteroatoms. The lowest BCUT2D eigenvalue weighted by Gasteiger charge is -2.28. The maximum Gasteiger partial charge on any atom is 0.271 e. The smallest absolute Gasteiger partial charge is 0.271 e. The molecule has 4 aromatic carbocycles. The molecular formula is C36H34N8O2.